The Bertz CT molecular complexity index is 704. The zero-order chi connectivity index (χ0) is 17.4. The van der Waals surface area contributed by atoms with E-state index in [1.807, 2.05) is 0 Å². The maximum atomic E-state index is 13.1. The van der Waals surface area contributed by atoms with Crippen LogP contribution in [0.25, 0.3) is 0 Å². The summed E-state index contributed by atoms with van der Waals surface area (Å²) < 4.78 is 44.7. The molecule has 2 rings (SSSR count). The van der Waals surface area contributed by atoms with E-state index in [4.69, 9.17) is 4.74 Å². The fourth-order valence-corrected chi connectivity index (χ4v) is 2.13. The van der Waals surface area contributed by atoms with Gasteiger partial charge in [0.15, 0.2) is 17.5 Å². The number of unbranched alkanes of at least 4 members (excludes halogenated alkanes) is 3. The number of rotatable bonds is 6. The lowest BCUT2D eigenvalue weighted by atomic mass is 10.1. The first-order valence-corrected chi connectivity index (χ1v) is 7.99. The van der Waals surface area contributed by atoms with E-state index in [0.717, 1.165) is 30.7 Å². The second kappa shape index (κ2) is 9.02. The van der Waals surface area contributed by atoms with E-state index in [1.54, 1.807) is 24.3 Å². The van der Waals surface area contributed by atoms with Crippen molar-refractivity contribution in [2.75, 3.05) is 6.61 Å². The second-order valence-electron chi connectivity index (χ2n) is 5.44. The summed E-state index contributed by atoms with van der Waals surface area (Å²) in [7, 11) is 0. The molecule has 0 aliphatic heterocycles. The Balaban J connectivity index is 1.95. The molecule has 0 spiro atoms. The van der Waals surface area contributed by atoms with Crippen molar-refractivity contribution >= 4 is 0 Å². The molecule has 0 heterocycles. The van der Waals surface area contributed by atoms with Crippen LogP contribution in [0, 0.1) is 29.3 Å². The summed E-state index contributed by atoms with van der Waals surface area (Å²) in [5.74, 6) is 2.19. The van der Waals surface area contributed by atoms with Gasteiger partial charge in [0.25, 0.3) is 0 Å². The molecule has 0 unspecified atom stereocenters. The van der Waals surface area contributed by atoms with Crippen LogP contribution in [0.5, 0.6) is 5.75 Å². The third-order valence-electron chi connectivity index (χ3n) is 3.46. The van der Waals surface area contributed by atoms with Crippen molar-refractivity contribution in [2.24, 2.45) is 0 Å². The highest BCUT2D eigenvalue weighted by Gasteiger charge is 2.09. The van der Waals surface area contributed by atoms with E-state index in [2.05, 4.69) is 18.8 Å². The predicted octanol–water partition coefficient (Wildman–Crippen LogP) is 5.46. The molecule has 2 aromatic rings. The van der Waals surface area contributed by atoms with Crippen LogP contribution in [0.15, 0.2) is 36.4 Å². The summed E-state index contributed by atoms with van der Waals surface area (Å²) in [4.78, 5) is 0. The molecule has 0 saturated carbocycles. The molecule has 2 aromatic carbocycles. The summed E-state index contributed by atoms with van der Waals surface area (Å²) in [6.07, 6.45) is 4.58. The van der Waals surface area contributed by atoms with Crippen molar-refractivity contribution in [3.8, 4) is 17.6 Å². The maximum Gasteiger partial charge on any atom is 0.194 e. The Hall–Kier alpha value is -2.41. The van der Waals surface area contributed by atoms with Gasteiger partial charge >= 0.3 is 0 Å². The lowest BCUT2D eigenvalue weighted by molar-refractivity contribution is 0.305. The first-order chi connectivity index (χ1) is 11.6. The fourth-order valence-electron chi connectivity index (χ4n) is 2.13. The fraction of sp³-hybridized carbons (Fsp3) is 0.300. The van der Waals surface area contributed by atoms with Gasteiger partial charge in [0, 0.05) is 11.1 Å². The van der Waals surface area contributed by atoms with Crippen LogP contribution in [0.3, 0.4) is 0 Å². The average molecular weight is 332 g/mol. The zero-order valence-corrected chi connectivity index (χ0v) is 13.5. The highest BCUT2D eigenvalue weighted by atomic mass is 19.2. The van der Waals surface area contributed by atoms with Crippen LogP contribution < -0.4 is 4.74 Å². The van der Waals surface area contributed by atoms with Crippen LogP contribution in [0.1, 0.15) is 43.7 Å². The molecule has 24 heavy (non-hydrogen) atoms. The standard InChI is InChI=1S/C20H19F3O/c1-2-3-4-5-12-24-17-10-8-15(9-11-17)6-7-16-13-18(21)20(23)19(22)14-16/h8-11,13-14H,2-5,12H2,1H3. The number of halogens is 3. The van der Waals surface area contributed by atoms with Gasteiger partial charge in [-0.15, -0.1) is 0 Å². The van der Waals surface area contributed by atoms with Gasteiger partial charge in [-0.05, 0) is 42.8 Å². The van der Waals surface area contributed by atoms with Gasteiger partial charge in [-0.1, -0.05) is 38.0 Å². The first kappa shape index (κ1) is 17.9. The molecule has 1 nitrogen and oxygen atoms in total. The molecule has 0 fully saturated rings. The predicted molar refractivity (Wildman–Crippen MR) is 88.4 cm³/mol. The summed E-state index contributed by atoms with van der Waals surface area (Å²) >= 11 is 0. The van der Waals surface area contributed by atoms with Crippen molar-refractivity contribution in [1.29, 1.82) is 0 Å². The SMILES string of the molecule is CCCCCCOc1ccc(C#Cc2cc(F)c(F)c(F)c2)cc1. The van der Waals surface area contributed by atoms with Crippen molar-refractivity contribution in [3.63, 3.8) is 0 Å². The van der Waals surface area contributed by atoms with Crippen molar-refractivity contribution < 1.29 is 17.9 Å². The Kier molecular flexibility index (Phi) is 6.74. The molecule has 0 atom stereocenters. The Morgan fingerprint density at radius 1 is 0.833 bits per heavy atom. The monoisotopic (exact) mass is 332 g/mol. The number of ether oxygens (including phenoxy) is 1. The third kappa shape index (κ3) is 5.34. The molecule has 0 N–H and O–H groups in total. The quantitative estimate of drug-likeness (QED) is 0.387. The normalized spacial score (nSPS) is 10.2. The van der Waals surface area contributed by atoms with Gasteiger partial charge in [0.1, 0.15) is 5.75 Å². The van der Waals surface area contributed by atoms with Gasteiger partial charge in [0.05, 0.1) is 6.61 Å². The minimum absolute atomic E-state index is 0.0858. The van der Waals surface area contributed by atoms with E-state index in [-0.39, 0.29) is 5.56 Å². The van der Waals surface area contributed by atoms with Crippen molar-refractivity contribution in [2.45, 2.75) is 32.6 Å². The molecular formula is C20H19F3O. The van der Waals surface area contributed by atoms with Crippen LogP contribution >= 0.6 is 0 Å². The highest BCUT2D eigenvalue weighted by Crippen LogP contribution is 2.14. The van der Waals surface area contributed by atoms with Crippen molar-refractivity contribution in [3.05, 3.63) is 65.0 Å². The summed E-state index contributed by atoms with van der Waals surface area (Å²) in [6, 6.07) is 8.89. The van der Waals surface area contributed by atoms with E-state index in [1.165, 1.54) is 12.8 Å². The molecule has 4 heteroatoms. The molecular weight excluding hydrogens is 313 g/mol. The number of benzene rings is 2. The summed E-state index contributed by atoms with van der Waals surface area (Å²) in [6.45, 7) is 2.84. The topological polar surface area (TPSA) is 9.23 Å². The molecule has 126 valence electrons. The second-order valence-corrected chi connectivity index (χ2v) is 5.44. The van der Waals surface area contributed by atoms with Crippen molar-refractivity contribution in [1.82, 2.24) is 0 Å². The molecule has 0 aliphatic rings. The molecule has 0 aliphatic carbocycles. The van der Waals surface area contributed by atoms with Gasteiger partial charge in [-0.25, -0.2) is 13.2 Å². The molecule has 0 amide bonds. The van der Waals surface area contributed by atoms with Crippen LogP contribution in [0.2, 0.25) is 0 Å². The Labute approximate surface area is 140 Å². The van der Waals surface area contributed by atoms with E-state index in [9.17, 15) is 13.2 Å². The van der Waals surface area contributed by atoms with E-state index >= 15 is 0 Å². The summed E-state index contributed by atoms with van der Waals surface area (Å²) in [5, 5.41) is 0. The van der Waals surface area contributed by atoms with Gasteiger partial charge in [-0.2, -0.15) is 0 Å². The lowest BCUT2D eigenvalue weighted by Gasteiger charge is -2.05. The zero-order valence-electron chi connectivity index (χ0n) is 13.5. The molecule has 0 bridgehead atoms. The maximum absolute atomic E-state index is 13.1. The Morgan fingerprint density at radius 2 is 1.46 bits per heavy atom. The number of hydrogen-bond acceptors (Lipinski definition) is 1. The smallest absolute Gasteiger partial charge is 0.194 e. The largest absolute Gasteiger partial charge is 0.494 e. The van der Waals surface area contributed by atoms with Gasteiger partial charge in [-0.3, -0.25) is 0 Å². The van der Waals surface area contributed by atoms with E-state index < -0.39 is 17.5 Å². The van der Waals surface area contributed by atoms with Gasteiger partial charge in [0.2, 0.25) is 0 Å². The van der Waals surface area contributed by atoms with Crippen LogP contribution in [-0.2, 0) is 0 Å². The highest BCUT2D eigenvalue weighted by molar-refractivity contribution is 5.44. The Morgan fingerprint density at radius 3 is 2.08 bits per heavy atom. The van der Waals surface area contributed by atoms with E-state index in [0.29, 0.717) is 12.2 Å². The number of hydrogen-bond donors (Lipinski definition) is 0. The summed E-state index contributed by atoms with van der Waals surface area (Å²) in [5.41, 5.74) is 0.765. The molecule has 0 radical (unpaired) electrons. The minimum Gasteiger partial charge on any atom is -0.494 e. The molecule has 0 saturated heterocycles. The third-order valence-corrected chi connectivity index (χ3v) is 3.46. The van der Waals surface area contributed by atoms with Crippen LogP contribution in [-0.4, -0.2) is 6.61 Å². The average Bonchev–Trinajstić information content (AvgIpc) is 2.58. The molecule has 0 aromatic heterocycles. The van der Waals surface area contributed by atoms with Crippen LogP contribution in [0.4, 0.5) is 13.2 Å². The van der Waals surface area contributed by atoms with Gasteiger partial charge < -0.3 is 4.74 Å². The first-order valence-electron chi connectivity index (χ1n) is 7.99. The minimum atomic E-state index is -1.49. The lowest BCUT2D eigenvalue weighted by Crippen LogP contribution is -1.97.